The highest BCUT2D eigenvalue weighted by Gasteiger charge is 2.10. The first-order valence-electron chi connectivity index (χ1n) is 5.65. The maximum atomic E-state index is 6.06. The first-order valence-corrected chi connectivity index (χ1v) is 6.56. The molecule has 0 amide bonds. The summed E-state index contributed by atoms with van der Waals surface area (Å²) in [6.45, 7) is 0. The zero-order chi connectivity index (χ0) is 12.1. The van der Waals surface area contributed by atoms with Crippen LogP contribution in [0.4, 0.5) is 0 Å². The predicted octanol–water partition coefficient (Wildman–Crippen LogP) is 4.91. The third-order valence-electron chi connectivity index (χ3n) is 2.83. The van der Waals surface area contributed by atoms with E-state index in [9.17, 15) is 0 Å². The van der Waals surface area contributed by atoms with Crippen molar-refractivity contribution in [2.24, 2.45) is 0 Å². The van der Waals surface area contributed by atoms with Crippen molar-refractivity contribution in [2.75, 3.05) is 5.88 Å². The van der Waals surface area contributed by atoms with Gasteiger partial charge in [0.2, 0.25) is 0 Å². The molecule has 0 nitrogen and oxygen atoms in total. The van der Waals surface area contributed by atoms with Gasteiger partial charge in [-0.2, -0.15) is 0 Å². The van der Waals surface area contributed by atoms with Gasteiger partial charge in [0.1, 0.15) is 0 Å². The van der Waals surface area contributed by atoms with Crippen LogP contribution in [0.1, 0.15) is 17.0 Å². The summed E-state index contributed by atoms with van der Waals surface area (Å²) in [4.78, 5) is 0. The monoisotopic (exact) mass is 264 g/mol. The Bertz CT molecular complexity index is 465. The maximum Gasteiger partial charge on any atom is 0.0408 e. The van der Waals surface area contributed by atoms with E-state index in [0.29, 0.717) is 11.8 Å². The minimum absolute atomic E-state index is 0.344. The summed E-state index contributed by atoms with van der Waals surface area (Å²) in [7, 11) is 0. The number of halogens is 2. The van der Waals surface area contributed by atoms with Gasteiger partial charge in [-0.05, 0) is 29.7 Å². The summed E-state index contributed by atoms with van der Waals surface area (Å²) in [5.74, 6) is 0.965. The lowest BCUT2D eigenvalue weighted by Gasteiger charge is -2.14. The molecule has 2 aromatic carbocycles. The lowest BCUT2D eigenvalue weighted by atomic mass is 9.94. The first-order chi connectivity index (χ1) is 8.29. The fraction of sp³-hybridized carbons (Fsp3) is 0.200. The first kappa shape index (κ1) is 12.5. The summed E-state index contributed by atoms with van der Waals surface area (Å²) in [5, 5.41) is 0.781. The average Bonchev–Trinajstić information content (AvgIpc) is 2.37. The van der Waals surface area contributed by atoms with Crippen LogP contribution in [0, 0.1) is 0 Å². The van der Waals surface area contributed by atoms with Gasteiger partial charge in [0.05, 0.1) is 0 Å². The fourth-order valence-electron chi connectivity index (χ4n) is 1.94. The second-order valence-electron chi connectivity index (χ2n) is 4.10. The standard InChI is InChI=1S/C15H14Cl2/c16-11-14(13-6-2-1-3-7-13)9-12-5-4-8-15(17)10-12/h1-8,10,14H,9,11H2. The van der Waals surface area contributed by atoms with Crippen molar-refractivity contribution in [1.82, 2.24) is 0 Å². The van der Waals surface area contributed by atoms with Gasteiger partial charge in [-0.1, -0.05) is 54.1 Å². The van der Waals surface area contributed by atoms with E-state index in [1.165, 1.54) is 11.1 Å². The molecule has 0 aliphatic carbocycles. The lowest BCUT2D eigenvalue weighted by molar-refractivity contribution is 0.766. The van der Waals surface area contributed by atoms with Crippen molar-refractivity contribution in [1.29, 1.82) is 0 Å². The van der Waals surface area contributed by atoms with E-state index in [1.807, 2.05) is 36.4 Å². The Kier molecular flexibility index (Phi) is 4.47. The number of alkyl halides is 1. The van der Waals surface area contributed by atoms with Crippen molar-refractivity contribution in [3.05, 3.63) is 70.7 Å². The maximum absolute atomic E-state index is 6.06. The summed E-state index contributed by atoms with van der Waals surface area (Å²) in [6, 6.07) is 18.3. The topological polar surface area (TPSA) is 0 Å². The summed E-state index contributed by atoms with van der Waals surface area (Å²) >= 11 is 12.0. The van der Waals surface area contributed by atoms with Crippen LogP contribution in [0.3, 0.4) is 0 Å². The number of hydrogen-bond donors (Lipinski definition) is 0. The molecule has 0 aliphatic rings. The largest absolute Gasteiger partial charge is 0.126 e. The molecular formula is C15H14Cl2. The molecule has 0 bridgehead atoms. The molecule has 0 aromatic heterocycles. The van der Waals surface area contributed by atoms with Crippen LogP contribution in [-0.4, -0.2) is 5.88 Å². The van der Waals surface area contributed by atoms with Crippen LogP contribution in [0.15, 0.2) is 54.6 Å². The Hall–Kier alpha value is -0.980. The number of benzene rings is 2. The van der Waals surface area contributed by atoms with Crippen LogP contribution in [0.25, 0.3) is 0 Å². The SMILES string of the molecule is ClCC(Cc1cccc(Cl)c1)c1ccccc1. The highest BCUT2D eigenvalue weighted by molar-refractivity contribution is 6.30. The molecule has 2 aromatic rings. The van der Waals surface area contributed by atoms with Gasteiger partial charge in [-0.25, -0.2) is 0 Å². The molecule has 0 radical (unpaired) electrons. The van der Waals surface area contributed by atoms with Gasteiger partial charge in [0.25, 0.3) is 0 Å². The van der Waals surface area contributed by atoms with Crippen molar-refractivity contribution in [3.8, 4) is 0 Å². The molecule has 0 saturated carbocycles. The van der Waals surface area contributed by atoms with Gasteiger partial charge < -0.3 is 0 Å². The zero-order valence-electron chi connectivity index (χ0n) is 9.44. The normalized spacial score (nSPS) is 12.4. The summed E-state index contributed by atoms with van der Waals surface area (Å²) in [6.07, 6.45) is 0.925. The smallest absolute Gasteiger partial charge is 0.0408 e. The minimum atomic E-state index is 0.344. The van der Waals surface area contributed by atoms with Crippen LogP contribution in [-0.2, 0) is 6.42 Å². The zero-order valence-corrected chi connectivity index (χ0v) is 11.0. The van der Waals surface area contributed by atoms with Crippen LogP contribution in [0.5, 0.6) is 0 Å². The van der Waals surface area contributed by atoms with Crippen LogP contribution in [0.2, 0.25) is 5.02 Å². The predicted molar refractivity (Wildman–Crippen MR) is 75.1 cm³/mol. The van der Waals surface area contributed by atoms with Gasteiger partial charge in [0.15, 0.2) is 0 Å². The van der Waals surface area contributed by atoms with E-state index in [2.05, 4.69) is 18.2 Å². The Morgan fingerprint density at radius 1 is 0.941 bits per heavy atom. The molecule has 1 unspecified atom stereocenters. The van der Waals surface area contributed by atoms with Gasteiger partial charge >= 0.3 is 0 Å². The molecule has 1 atom stereocenters. The lowest BCUT2D eigenvalue weighted by Crippen LogP contribution is -2.04. The number of rotatable bonds is 4. The highest BCUT2D eigenvalue weighted by atomic mass is 35.5. The van der Waals surface area contributed by atoms with E-state index in [4.69, 9.17) is 23.2 Å². The summed E-state index contributed by atoms with van der Waals surface area (Å²) in [5.41, 5.74) is 2.51. The Morgan fingerprint density at radius 2 is 1.71 bits per heavy atom. The molecule has 0 aliphatic heterocycles. The summed E-state index contributed by atoms with van der Waals surface area (Å²) < 4.78 is 0. The van der Waals surface area contributed by atoms with Gasteiger partial charge in [-0.3, -0.25) is 0 Å². The molecule has 2 heteroatoms. The molecule has 2 rings (SSSR count). The molecular weight excluding hydrogens is 251 g/mol. The quantitative estimate of drug-likeness (QED) is 0.689. The van der Waals surface area contributed by atoms with Crippen LogP contribution < -0.4 is 0 Å². The molecule has 0 heterocycles. The third-order valence-corrected chi connectivity index (χ3v) is 3.44. The Labute approximate surface area is 112 Å². The molecule has 0 saturated heterocycles. The van der Waals surface area contributed by atoms with Crippen molar-refractivity contribution >= 4 is 23.2 Å². The highest BCUT2D eigenvalue weighted by Crippen LogP contribution is 2.23. The van der Waals surface area contributed by atoms with Crippen molar-refractivity contribution < 1.29 is 0 Å². The van der Waals surface area contributed by atoms with E-state index < -0.39 is 0 Å². The minimum Gasteiger partial charge on any atom is -0.126 e. The van der Waals surface area contributed by atoms with Crippen molar-refractivity contribution in [2.45, 2.75) is 12.3 Å². The Balaban J connectivity index is 2.16. The molecule has 0 fully saturated rings. The number of hydrogen-bond acceptors (Lipinski definition) is 0. The van der Waals surface area contributed by atoms with Crippen molar-refractivity contribution in [3.63, 3.8) is 0 Å². The van der Waals surface area contributed by atoms with E-state index in [0.717, 1.165) is 11.4 Å². The molecule has 0 N–H and O–H groups in total. The van der Waals surface area contributed by atoms with E-state index >= 15 is 0 Å². The fourth-order valence-corrected chi connectivity index (χ4v) is 2.44. The molecule has 0 spiro atoms. The van der Waals surface area contributed by atoms with Gasteiger partial charge in [0, 0.05) is 16.8 Å². The third kappa shape index (κ3) is 3.49. The second-order valence-corrected chi connectivity index (χ2v) is 4.84. The van der Waals surface area contributed by atoms with E-state index in [1.54, 1.807) is 0 Å². The van der Waals surface area contributed by atoms with Gasteiger partial charge in [-0.15, -0.1) is 11.6 Å². The molecule has 88 valence electrons. The Morgan fingerprint density at radius 3 is 2.35 bits per heavy atom. The van der Waals surface area contributed by atoms with Crippen LogP contribution >= 0.6 is 23.2 Å². The second kappa shape index (κ2) is 6.09. The van der Waals surface area contributed by atoms with E-state index in [-0.39, 0.29) is 0 Å². The average molecular weight is 265 g/mol. The molecule has 17 heavy (non-hydrogen) atoms.